The lowest BCUT2D eigenvalue weighted by atomic mass is 10.0. The highest BCUT2D eigenvalue weighted by molar-refractivity contribution is 4.81. The minimum atomic E-state index is 0.280. The molecule has 0 aliphatic carbocycles. The van der Waals surface area contributed by atoms with Crippen molar-refractivity contribution in [2.24, 2.45) is 11.7 Å². The Morgan fingerprint density at radius 1 is 1.43 bits per heavy atom. The van der Waals surface area contributed by atoms with E-state index in [1.165, 1.54) is 0 Å². The topological polar surface area (TPSA) is 38.5 Å². The van der Waals surface area contributed by atoms with Gasteiger partial charge in [-0.2, -0.15) is 0 Å². The van der Waals surface area contributed by atoms with Gasteiger partial charge in [0.25, 0.3) is 0 Å². The van der Waals surface area contributed by atoms with E-state index in [2.05, 4.69) is 32.6 Å². The Morgan fingerprint density at radius 2 is 2.07 bits per heavy atom. The molecule has 0 radical (unpaired) electrons. The molecule has 1 aliphatic heterocycles. The molecule has 1 fully saturated rings. The first-order chi connectivity index (χ1) is 6.52. The molecule has 0 bridgehead atoms. The molecule has 84 valence electrons. The van der Waals surface area contributed by atoms with Crippen molar-refractivity contribution in [3.63, 3.8) is 0 Å². The normalized spacial score (nSPS) is 32.1. The van der Waals surface area contributed by atoms with Crippen molar-refractivity contribution in [1.82, 2.24) is 4.90 Å². The van der Waals surface area contributed by atoms with Crippen LogP contribution in [0.25, 0.3) is 0 Å². The molecular weight excluding hydrogens is 176 g/mol. The maximum atomic E-state index is 6.07. The predicted molar refractivity (Wildman–Crippen MR) is 59.3 cm³/mol. The van der Waals surface area contributed by atoms with Gasteiger partial charge in [0.1, 0.15) is 0 Å². The molecule has 0 aromatic rings. The average Bonchev–Trinajstić information content (AvgIpc) is 2.12. The molecule has 3 heteroatoms. The van der Waals surface area contributed by atoms with E-state index >= 15 is 0 Å². The van der Waals surface area contributed by atoms with Gasteiger partial charge in [-0.3, -0.25) is 4.90 Å². The third-order valence-corrected chi connectivity index (χ3v) is 3.32. The largest absolute Gasteiger partial charge is 0.376 e. The summed E-state index contributed by atoms with van der Waals surface area (Å²) in [6.45, 7) is 11.6. The van der Waals surface area contributed by atoms with Crippen LogP contribution in [0.1, 0.15) is 27.7 Å². The van der Waals surface area contributed by atoms with E-state index < -0.39 is 0 Å². The van der Waals surface area contributed by atoms with E-state index in [0.29, 0.717) is 18.1 Å². The smallest absolute Gasteiger partial charge is 0.0700 e. The van der Waals surface area contributed by atoms with Crippen LogP contribution in [0.4, 0.5) is 0 Å². The quantitative estimate of drug-likeness (QED) is 0.741. The van der Waals surface area contributed by atoms with Crippen LogP contribution >= 0.6 is 0 Å². The van der Waals surface area contributed by atoms with Crippen molar-refractivity contribution in [1.29, 1.82) is 0 Å². The maximum absolute atomic E-state index is 6.07. The highest BCUT2D eigenvalue weighted by atomic mass is 16.5. The van der Waals surface area contributed by atoms with Crippen LogP contribution in [0.15, 0.2) is 0 Å². The van der Waals surface area contributed by atoms with Crippen LogP contribution in [0.5, 0.6) is 0 Å². The summed E-state index contributed by atoms with van der Waals surface area (Å²) in [5.74, 6) is 0.556. The molecule has 0 aromatic heterocycles. The number of nitrogens with two attached hydrogens (primary N) is 1. The Bertz CT molecular complexity index is 173. The summed E-state index contributed by atoms with van der Waals surface area (Å²) in [7, 11) is 0. The second kappa shape index (κ2) is 5.10. The van der Waals surface area contributed by atoms with Crippen molar-refractivity contribution in [3.8, 4) is 0 Å². The Hall–Kier alpha value is -0.120. The van der Waals surface area contributed by atoms with Gasteiger partial charge in [-0.05, 0) is 19.8 Å². The van der Waals surface area contributed by atoms with Crippen LogP contribution < -0.4 is 5.73 Å². The van der Waals surface area contributed by atoms with E-state index in [1.54, 1.807) is 0 Å². The lowest BCUT2D eigenvalue weighted by molar-refractivity contribution is -0.0578. The van der Waals surface area contributed by atoms with Gasteiger partial charge >= 0.3 is 0 Å². The maximum Gasteiger partial charge on any atom is 0.0700 e. The Labute approximate surface area is 87.6 Å². The first-order valence-electron chi connectivity index (χ1n) is 5.63. The standard InChI is InChI=1S/C11H24N2O/c1-8(2)11(12)7-13-5-6-14-10(4)9(13)3/h8-11H,5-7,12H2,1-4H3. The molecule has 0 spiro atoms. The van der Waals surface area contributed by atoms with Crippen molar-refractivity contribution in [2.45, 2.75) is 45.9 Å². The molecule has 1 saturated heterocycles. The lowest BCUT2D eigenvalue weighted by Gasteiger charge is -2.39. The summed E-state index contributed by atoms with van der Waals surface area (Å²) >= 11 is 0. The summed E-state index contributed by atoms with van der Waals surface area (Å²) in [5.41, 5.74) is 6.07. The van der Waals surface area contributed by atoms with E-state index in [9.17, 15) is 0 Å². The third-order valence-electron chi connectivity index (χ3n) is 3.32. The van der Waals surface area contributed by atoms with Gasteiger partial charge in [-0.15, -0.1) is 0 Å². The molecule has 3 unspecified atom stereocenters. The predicted octanol–water partition coefficient (Wildman–Crippen LogP) is 1.08. The third kappa shape index (κ3) is 2.94. The second-order valence-electron chi connectivity index (χ2n) is 4.72. The SMILES string of the molecule is CC(C)C(N)CN1CCOC(C)C1C. The first-order valence-corrected chi connectivity index (χ1v) is 5.63. The molecule has 1 rings (SSSR count). The van der Waals surface area contributed by atoms with Crippen molar-refractivity contribution in [2.75, 3.05) is 19.7 Å². The number of hydrogen-bond acceptors (Lipinski definition) is 3. The van der Waals surface area contributed by atoms with Crippen LogP contribution in [0, 0.1) is 5.92 Å². The van der Waals surface area contributed by atoms with E-state index in [0.717, 1.165) is 19.7 Å². The van der Waals surface area contributed by atoms with E-state index in [-0.39, 0.29) is 6.04 Å². The second-order valence-corrected chi connectivity index (χ2v) is 4.72. The van der Waals surface area contributed by atoms with Crippen molar-refractivity contribution < 1.29 is 4.74 Å². The Morgan fingerprint density at radius 3 is 2.64 bits per heavy atom. The van der Waals surface area contributed by atoms with E-state index in [1.807, 2.05) is 0 Å². The van der Waals surface area contributed by atoms with Gasteiger partial charge < -0.3 is 10.5 Å². The fraction of sp³-hybridized carbons (Fsp3) is 1.00. The highest BCUT2D eigenvalue weighted by Gasteiger charge is 2.26. The molecule has 2 N–H and O–H groups in total. The zero-order chi connectivity index (χ0) is 10.7. The Balaban J connectivity index is 2.43. The van der Waals surface area contributed by atoms with Crippen molar-refractivity contribution in [3.05, 3.63) is 0 Å². The Kier molecular flexibility index (Phi) is 4.35. The van der Waals surface area contributed by atoms with Gasteiger partial charge in [0.2, 0.25) is 0 Å². The zero-order valence-corrected chi connectivity index (χ0v) is 9.86. The summed E-state index contributed by atoms with van der Waals surface area (Å²) < 4.78 is 5.58. The number of rotatable bonds is 3. The molecular formula is C11H24N2O. The van der Waals surface area contributed by atoms with Crippen LogP contribution in [-0.4, -0.2) is 42.8 Å². The van der Waals surface area contributed by atoms with Gasteiger partial charge in [0, 0.05) is 25.2 Å². The molecule has 3 nitrogen and oxygen atoms in total. The van der Waals surface area contributed by atoms with Gasteiger partial charge in [0.05, 0.1) is 12.7 Å². The fourth-order valence-corrected chi connectivity index (χ4v) is 1.73. The summed E-state index contributed by atoms with van der Waals surface area (Å²) in [5, 5.41) is 0. The number of hydrogen-bond donors (Lipinski definition) is 1. The molecule has 14 heavy (non-hydrogen) atoms. The van der Waals surface area contributed by atoms with Gasteiger partial charge in [-0.25, -0.2) is 0 Å². The average molecular weight is 200 g/mol. The zero-order valence-electron chi connectivity index (χ0n) is 9.86. The van der Waals surface area contributed by atoms with Crippen LogP contribution in [0.2, 0.25) is 0 Å². The lowest BCUT2D eigenvalue weighted by Crippen LogP contribution is -2.53. The monoisotopic (exact) mass is 200 g/mol. The van der Waals surface area contributed by atoms with Crippen LogP contribution in [0.3, 0.4) is 0 Å². The summed E-state index contributed by atoms with van der Waals surface area (Å²) in [6, 6.07) is 0.774. The number of ether oxygens (including phenoxy) is 1. The van der Waals surface area contributed by atoms with E-state index in [4.69, 9.17) is 10.5 Å². The number of nitrogens with zero attached hydrogens (tertiary/aromatic N) is 1. The minimum Gasteiger partial charge on any atom is -0.376 e. The fourth-order valence-electron chi connectivity index (χ4n) is 1.73. The minimum absolute atomic E-state index is 0.280. The molecule has 1 aliphatic rings. The van der Waals surface area contributed by atoms with Crippen LogP contribution in [-0.2, 0) is 4.74 Å². The molecule has 0 aromatic carbocycles. The van der Waals surface area contributed by atoms with Gasteiger partial charge in [0.15, 0.2) is 0 Å². The van der Waals surface area contributed by atoms with Crippen molar-refractivity contribution >= 4 is 0 Å². The highest BCUT2D eigenvalue weighted by Crippen LogP contribution is 2.14. The summed E-state index contributed by atoms with van der Waals surface area (Å²) in [6.07, 6.45) is 0.336. The number of morpholine rings is 1. The molecule has 1 heterocycles. The molecule has 0 amide bonds. The summed E-state index contributed by atoms with van der Waals surface area (Å²) in [4.78, 5) is 2.44. The van der Waals surface area contributed by atoms with Gasteiger partial charge in [-0.1, -0.05) is 13.8 Å². The first kappa shape index (κ1) is 12.0. The molecule has 0 saturated carbocycles. The molecule has 3 atom stereocenters.